The van der Waals surface area contributed by atoms with E-state index >= 15 is 0 Å². The first kappa shape index (κ1) is 16.8. The van der Waals surface area contributed by atoms with Crippen LogP contribution in [0.15, 0.2) is 18.2 Å². The van der Waals surface area contributed by atoms with Crippen LogP contribution in [0, 0.1) is 0 Å². The van der Waals surface area contributed by atoms with Gasteiger partial charge >= 0.3 is 0 Å². The van der Waals surface area contributed by atoms with Crippen LogP contribution in [0.25, 0.3) is 0 Å². The molecule has 0 unspecified atom stereocenters. The minimum atomic E-state index is 0.721. The van der Waals surface area contributed by atoms with Gasteiger partial charge in [-0.05, 0) is 31.5 Å². The molecule has 1 rings (SSSR count). The molecule has 0 spiro atoms. The lowest BCUT2D eigenvalue weighted by Gasteiger charge is -2.11. The Morgan fingerprint density at radius 1 is 1.10 bits per heavy atom. The Labute approximate surface area is 122 Å². The first-order chi connectivity index (χ1) is 9.81. The molecule has 20 heavy (non-hydrogen) atoms. The van der Waals surface area contributed by atoms with Crippen molar-refractivity contribution < 1.29 is 19.5 Å². The van der Waals surface area contributed by atoms with Crippen molar-refractivity contribution in [3.05, 3.63) is 23.8 Å². The molecule has 0 saturated heterocycles. The quantitative estimate of drug-likeness (QED) is 0.631. The van der Waals surface area contributed by atoms with Crippen LogP contribution >= 0.6 is 0 Å². The molecule has 0 bridgehead atoms. The smallest absolute Gasteiger partial charge is 0.161 e. The summed E-state index contributed by atoms with van der Waals surface area (Å²) in [6.07, 6.45) is 2.08. The summed E-state index contributed by atoms with van der Waals surface area (Å²) in [5.41, 5.74) is 1.25. The third kappa shape index (κ3) is 6.26. The number of ether oxygens (including phenoxy) is 3. The molecule has 4 heteroatoms. The van der Waals surface area contributed by atoms with Crippen LogP contribution in [0.4, 0.5) is 0 Å². The molecule has 2 N–H and O–H groups in total. The summed E-state index contributed by atoms with van der Waals surface area (Å²) >= 11 is 0. The van der Waals surface area contributed by atoms with Crippen molar-refractivity contribution >= 4 is 0 Å². The lowest BCUT2D eigenvalue weighted by molar-refractivity contribution is -0.671. The van der Waals surface area contributed by atoms with Gasteiger partial charge in [0.25, 0.3) is 0 Å². The molecule has 4 nitrogen and oxygen atoms in total. The molecule has 0 radical (unpaired) electrons. The average molecular weight is 282 g/mol. The number of hydrogen-bond donors (Lipinski definition) is 1. The summed E-state index contributed by atoms with van der Waals surface area (Å²) in [7, 11) is 1.68. The monoisotopic (exact) mass is 282 g/mol. The molecule has 0 aliphatic heterocycles. The molecular weight excluding hydrogens is 254 g/mol. The highest BCUT2D eigenvalue weighted by Gasteiger charge is 2.06. The fraction of sp³-hybridized carbons (Fsp3) is 0.625. The SMILES string of the molecule is CCCOc1ccc(C[NH2+]CCCOCC)cc1OC. The van der Waals surface area contributed by atoms with Gasteiger partial charge in [-0.25, -0.2) is 0 Å². The number of benzene rings is 1. The number of quaternary nitrogens is 1. The van der Waals surface area contributed by atoms with E-state index in [-0.39, 0.29) is 0 Å². The average Bonchev–Trinajstić information content (AvgIpc) is 2.49. The maximum absolute atomic E-state index is 5.65. The normalized spacial score (nSPS) is 10.6. The molecule has 0 amide bonds. The standard InChI is InChI=1S/C16H27NO3/c1-4-10-20-15-8-7-14(12-16(15)18-3)13-17-9-6-11-19-5-2/h7-8,12,17H,4-6,9-11,13H2,1-3H3/p+1. The summed E-state index contributed by atoms with van der Waals surface area (Å²) in [6.45, 7) is 8.53. The van der Waals surface area contributed by atoms with Gasteiger partial charge in [0.15, 0.2) is 11.5 Å². The Kier molecular flexibility index (Phi) is 8.83. The third-order valence-corrected chi connectivity index (χ3v) is 2.97. The molecule has 1 aromatic rings. The Bertz CT molecular complexity index is 369. The second-order valence-corrected chi connectivity index (χ2v) is 4.67. The highest BCUT2D eigenvalue weighted by atomic mass is 16.5. The van der Waals surface area contributed by atoms with Gasteiger partial charge in [-0.15, -0.1) is 0 Å². The van der Waals surface area contributed by atoms with Crippen molar-refractivity contribution in [2.75, 3.05) is 33.5 Å². The van der Waals surface area contributed by atoms with Crippen molar-refractivity contribution in [2.24, 2.45) is 0 Å². The predicted molar refractivity (Wildman–Crippen MR) is 80.4 cm³/mol. The zero-order chi connectivity index (χ0) is 14.6. The fourth-order valence-corrected chi connectivity index (χ4v) is 1.91. The molecule has 114 valence electrons. The molecule has 0 saturated carbocycles. The van der Waals surface area contributed by atoms with Crippen LogP contribution in [0.1, 0.15) is 32.3 Å². The van der Waals surface area contributed by atoms with Crippen molar-refractivity contribution in [1.82, 2.24) is 0 Å². The summed E-state index contributed by atoms with van der Waals surface area (Å²) in [6, 6.07) is 6.16. The second-order valence-electron chi connectivity index (χ2n) is 4.67. The largest absolute Gasteiger partial charge is 0.493 e. The maximum atomic E-state index is 5.65. The Balaban J connectivity index is 2.38. The molecule has 0 aliphatic rings. The third-order valence-electron chi connectivity index (χ3n) is 2.97. The maximum Gasteiger partial charge on any atom is 0.161 e. The summed E-state index contributed by atoms with van der Waals surface area (Å²) < 4.78 is 16.4. The molecule has 0 fully saturated rings. The zero-order valence-corrected chi connectivity index (χ0v) is 13.0. The number of hydrogen-bond acceptors (Lipinski definition) is 3. The van der Waals surface area contributed by atoms with E-state index in [0.717, 1.165) is 57.3 Å². The van der Waals surface area contributed by atoms with E-state index in [2.05, 4.69) is 24.4 Å². The van der Waals surface area contributed by atoms with Gasteiger partial charge in [0.1, 0.15) is 6.54 Å². The zero-order valence-electron chi connectivity index (χ0n) is 13.0. The number of rotatable bonds is 11. The number of methoxy groups -OCH3 is 1. The second kappa shape index (κ2) is 10.5. The van der Waals surface area contributed by atoms with Gasteiger partial charge in [0.05, 0.1) is 26.9 Å². The molecule has 0 atom stereocenters. The van der Waals surface area contributed by atoms with Gasteiger partial charge in [-0.2, -0.15) is 0 Å². The summed E-state index contributed by atoms with van der Waals surface area (Å²) in [5, 5.41) is 2.29. The number of nitrogens with two attached hydrogens (primary N) is 1. The van der Waals surface area contributed by atoms with Crippen LogP contribution in [-0.2, 0) is 11.3 Å². The Morgan fingerprint density at radius 3 is 2.65 bits per heavy atom. The lowest BCUT2D eigenvalue weighted by Crippen LogP contribution is -2.82. The molecular formula is C16H28NO3+. The van der Waals surface area contributed by atoms with E-state index in [4.69, 9.17) is 14.2 Å². The highest BCUT2D eigenvalue weighted by molar-refractivity contribution is 5.42. The molecule has 0 aliphatic carbocycles. The van der Waals surface area contributed by atoms with Crippen molar-refractivity contribution in [3.63, 3.8) is 0 Å². The Hall–Kier alpha value is -1.26. The van der Waals surface area contributed by atoms with Crippen LogP contribution in [0.2, 0.25) is 0 Å². The molecule has 0 heterocycles. The van der Waals surface area contributed by atoms with Crippen molar-refractivity contribution in [3.8, 4) is 11.5 Å². The van der Waals surface area contributed by atoms with E-state index in [1.807, 2.05) is 13.0 Å². The van der Waals surface area contributed by atoms with E-state index < -0.39 is 0 Å². The van der Waals surface area contributed by atoms with Crippen molar-refractivity contribution in [2.45, 2.75) is 33.2 Å². The van der Waals surface area contributed by atoms with Crippen LogP contribution < -0.4 is 14.8 Å². The van der Waals surface area contributed by atoms with Crippen LogP contribution in [0.5, 0.6) is 11.5 Å². The summed E-state index contributed by atoms with van der Waals surface area (Å²) in [4.78, 5) is 0. The Morgan fingerprint density at radius 2 is 1.95 bits per heavy atom. The van der Waals surface area contributed by atoms with E-state index in [0.29, 0.717) is 0 Å². The fourth-order valence-electron chi connectivity index (χ4n) is 1.91. The minimum Gasteiger partial charge on any atom is -0.493 e. The summed E-state index contributed by atoms with van der Waals surface area (Å²) in [5.74, 6) is 1.65. The van der Waals surface area contributed by atoms with E-state index in [9.17, 15) is 0 Å². The van der Waals surface area contributed by atoms with E-state index in [1.54, 1.807) is 7.11 Å². The molecule has 1 aromatic carbocycles. The first-order valence-corrected chi connectivity index (χ1v) is 7.50. The predicted octanol–water partition coefficient (Wildman–Crippen LogP) is 1.97. The first-order valence-electron chi connectivity index (χ1n) is 7.50. The van der Waals surface area contributed by atoms with Crippen LogP contribution in [0.3, 0.4) is 0 Å². The van der Waals surface area contributed by atoms with Gasteiger partial charge in [0, 0.05) is 18.6 Å². The van der Waals surface area contributed by atoms with Crippen LogP contribution in [-0.4, -0.2) is 33.5 Å². The van der Waals surface area contributed by atoms with Gasteiger partial charge in [-0.3, -0.25) is 0 Å². The van der Waals surface area contributed by atoms with Gasteiger partial charge < -0.3 is 19.5 Å². The lowest BCUT2D eigenvalue weighted by atomic mass is 10.2. The highest BCUT2D eigenvalue weighted by Crippen LogP contribution is 2.27. The topological polar surface area (TPSA) is 44.3 Å². The molecule has 0 aromatic heterocycles. The van der Waals surface area contributed by atoms with E-state index in [1.165, 1.54) is 5.56 Å². The van der Waals surface area contributed by atoms with Gasteiger partial charge in [0.2, 0.25) is 0 Å². The minimum absolute atomic E-state index is 0.721. The van der Waals surface area contributed by atoms with Gasteiger partial charge in [-0.1, -0.05) is 6.92 Å². The van der Waals surface area contributed by atoms with Crippen molar-refractivity contribution in [1.29, 1.82) is 0 Å².